The van der Waals surface area contributed by atoms with Crippen LogP contribution in [0, 0.1) is 0 Å². The molecule has 1 aromatic rings. The van der Waals surface area contributed by atoms with Crippen molar-refractivity contribution in [3.63, 3.8) is 0 Å². The molecule has 0 aliphatic carbocycles. The van der Waals surface area contributed by atoms with Gasteiger partial charge in [-0.2, -0.15) is 0 Å². The quantitative estimate of drug-likeness (QED) is 0.552. The molecule has 0 bridgehead atoms. The summed E-state index contributed by atoms with van der Waals surface area (Å²) in [5, 5.41) is 0. The molecule has 0 saturated heterocycles. The van der Waals surface area contributed by atoms with Gasteiger partial charge in [-0.3, -0.25) is 0 Å². The summed E-state index contributed by atoms with van der Waals surface area (Å²) in [6, 6.07) is 9.17. The number of hydrogen-bond acceptors (Lipinski definition) is 3. The van der Waals surface area contributed by atoms with E-state index in [2.05, 4.69) is 12.2 Å². The predicted molar refractivity (Wildman–Crippen MR) is 52.5 cm³/mol. The molecule has 0 heterocycles. The summed E-state index contributed by atoms with van der Waals surface area (Å²) in [4.78, 5) is 9.25. The van der Waals surface area contributed by atoms with Gasteiger partial charge in [0.25, 0.3) is 0 Å². The average Bonchev–Trinajstić information content (AvgIpc) is 1.85. The molecule has 0 aliphatic heterocycles. The van der Waals surface area contributed by atoms with Crippen LogP contribution in [-0.4, -0.2) is 11.6 Å². The van der Waals surface area contributed by atoms with Crippen LogP contribution in [0.15, 0.2) is 30.3 Å². The molecule has 0 amide bonds. The van der Waals surface area contributed by atoms with Crippen molar-refractivity contribution in [1.82, 2.24) is 0 Å². The van der Waals surface area contributed by atoms with Gasteiger partial charge < -0.3 is 0 Å². The average molecular weight is 190 g/mol. The molecule has 0 radical (unpaired) electrons. The maximum absolute atomic E-state index is 9.25. The van der Waals surface area contributed by atoms with Crippen LogP contribution in [0.4, 0.5) is 0 Å². The van der Waals surface area contributed by atoms with Gasteiger partial charge in [0.15, 0.2) is 0 Å². The first-order valence-corrected chi connectivity index (χ1v) is 6.91. The van der Waals surface area contributed by atoms with Gasteiger partial charge in [-0.25, -0.2) is 0 Å². The van der Waals surface area contributed by atoms with Crippen molar-refractivity contribution < 1.29 is 9.42 Å². The molecule has 0 atom stereocenters. The Labute approximate surface area is 71.9 Å². The molecule has 0 saturated carbocycles. The molecule has 4 heteroatoms. The number of para-hydroxylation sites is 1. The van der Waals surface area contributed by atoms with E-state index in [-0.39, 0.29) is 0 Å². The third-order valence-electron chi connectivity index (χ3n) is 1.05. The van der Waals surface area contributed by atoms with Crippen molar-refractivity contribution in [1.29, 1.82) is 0 Å². The van der Waals surface area contributed by atoms with Crippen LogP contribution in [-0.2, 0) is 0 Å². The van der Waals surface area contributed by atoms with E-state index in [1.807, 2.05) is 18.2 Å². The van der Waals surface area contributed by atoms with Crippen molar-refractivity contribution in [2.45, 2.75) is 0 Å². The Kier molecular flexibility index (Phi) is 2.77. The third-order valence-corrected chi connectivity index (χ3v) is 1.95. The monoisotopic (exact) mass is 190 g/mol. The summed E-state index contributed by atoms with van der Waals surface area (Å²) in [7, 11) is 0. The molecule has 1 N–H and O–H groups in total. The van der Waals surface area contributed by atoms with Gasteiger partial charge in [-0.1, -0.05) is 0 Å². The van der Waals surface area contributed by atoms with Crippen molar-refractivity contribution >= 4 is 19.2 Å². The van der Waals surface area contributed by atoms with Crippen molar-refractivity contribution in [2.75, 3.05) is 6.66 Å². The molecule has 62 valence electrons. The van der Waals surface area contributed by atoms with Crippen LogP contribution in [0.5, 0.6) is 5.75 Å². The first-order valence-electron chi connectivity index (χ1n) is 3.27. The Bertz CT molecular complexity index is 220. The number of thiol groups is 1. The summed E-state index contributed by atoms with van der Waals surface area (Å²) in [5.41, 5.74) is 0. The topological polar surface area (TPSA) is 29.5 Å². The zero-order valence-electron chi connectivity index (χ0n) is 6.19. The fraction of sp³-hybridized carbons (Fsp3) is 0.143. The standard InChI is InChI=1S/C7H11O2PS/c1-10(8,11)9-7-5-3-2-4-6-7/h2-6,8,10-11H,1H3. The zero-order chi connectivity index (χ0) is 8.32. The van der Waals surface area contributed by atoms with Gasteiger partial charge in [0.2, 0.25) is 0 Å². The van der Waals surface area contributed by atoms with E-state index in [4.69, 9.17) is 4.52 Å². The van der Waals surface area contributed by atoms with E-state index < -0.39 is 6.92 Å². The molecule has 1 aromatic carbocycles. The van der Waals surface area contributed by atoms with Gasteiger partial charge in [0.05, 0.1) is 0 Å². The molecule has 0 fully saturated rings. The summed E-state index contributed by atoms with van der Waals surface area (Å²) in [6.45, 7) is -1.10. The van der Waals surface area contributed by atoms with E-state index in [1.54, 1.807) is 18.8 Å². The van der Waals surface area contributed by atoms with E-state index in [9.17, 15) is 4.89 Å². The van der Waals surface area contributed by atoms with Crippen molar-refractivity contribution in [3.05, 3.63) is 30.3 Å². The second-order valence-electron chi connectivity index (χ2n) is 2.35. The molecule has 0 unspecified atom stereocenters. The molecular formula is C7H11O2PS. The first-order chi connectivity index (χ1) is 5.08. The normalized spacial score (nSPS) is 12.6. The number of hydrogen-bond donors (Lipinski definition) is 2. The van der Waals surface area contributed by atoms with Crippen molar-refractivity contribution in [3.8, 4) is 5.75 Å². The first kappa shape index (κ1) is 8.85. The minimum absolute atomic E-state index is 0.666. The van der Waals surface area contributed by atoms with Crippen LogP contribution < -0.4 is 4.52 Å². The van der Waals surface area contributed by atoms with Crippen LogP contribution in [0.25, 0.3) is 0 Å². The minimum atomic E-state index is -2.70. The maximum atomic E-state index is 9.25. The van der Waals surface area contributed by atoms with Gasteiger partial charge >= 0.3 is 71.3 Å². The Morgan fingerprint density at radius 2 is 1.91 bits per heavy atom. The van der Waals surface area contributed by atoms with Crippen LogP contribution in [0.2, 0.25) is 0 Å². The van der Waals surface area contributed by atoms with E-state index in [0.29, 0.717) is 5.75 Å². The Morgan fingerprint density at radius 3 is 2.36 bits per heavy atom. The molecule has 0 aliphatic rings. The Hall–Kier alpha value is -0.240. The molecule has 0 spiro atoms. The predicted octanol–water partition coefficient (Wildman–Crippen LogP) is 2.11. The molecule has 11 heavy (non-hydrogen) atoms. The second-order valence-corrected chi connectivity index (χ2v) is 6.91. The van der Waals surface area contributed by atoms with E-state index >= 15 is 0 Å². The number of benzene rings is 1. The SMILES string of the molecule is C[PH](O)(S)Oc1ccccc1. The van der Waals surface area contributed by atoms with E-state index in [1.165, 1.54) is 0 Å². The van der Waals surface area contributed by atoms with Gasteiger partial charge in [0, 0.05) is 0 Å². The summed E-state index contributed by atoms with van der Waals surface area (Å²) < 4.78 is 5.16. The van der Waals surface area contributed by atoms with Gasteiger partial charge in [-0.05, 0) is 0 Å². The fourth-order valence-corrected chi connectivity index (χ4v) is 1.61. The number of rotatable bonds is 2. The van der Waals surface area contributed by atoms with Crippen LogP contribution >= 0.6 is 19.2 Å². The summed E-state index contributed by atoms with van der Waals surface area (Å²) >= 11 is 3.94. The summed E-state index contributed by atoms with van der Waals surface area (Å²) in [5.74, 6) is 0.666. The zero-order valence-corrected chi connectivity index (χ0v) is 8.08. The van der Waals surface area contributed by atoms with Crippen LogP contribution in [0.1, 0.15) is 0 Å². The fourth-order valence-electron chi connectivity index (χ4n) is 0.712. The Morgan fingerprint density at radius 1 is 1.36 bits per heavy atom. The molecule has 0 aromatic heterocycles. The third kappa shape index (κ3) is 3.61. The van der Waals surface area contributed by atoms with Crippen LogP contribution in [0.3, 0.4) is 0 Å². The second kappa shape index (κ2) is 3.44. The summed E-state index contributed by atoms with van der Waals surface area (Å²) in [6.07, 6.45) is 0. The molecule has 1 rings (SSSR count). The Balaban J connectivity index is 2.66. The van der Waals surface area contributed by atoms with Crippen molar-refractivity contribution in [2.24, 2.45) is 0 Å². The molecular weight excluding hydrogens is 179 g/mol. The molecule has 2 nitrogen and oxygen atoms in total. The van der Waals surface area contributed by atoms with E-state index in [0.717, 1.165) is 0 Å². The van der Waals surface area contributed by atoms with Gasteiger partial charge in [-0.15, -0.1) is 0 Å². The van der Waals surface area contributed by atoms with Gasteiger partial charge in [0.1, 0.15) is 0 Å².